The average Bonchev–Trinajstić information content (AvgIpc) is 2.58. The summed E-state index contributed by atoms with van der Waals surface area (Å²) in [5, 5.41) is 4.19. The number of para-hydroxylation sites is 1. The van der Waals surface area contributed by atoms with Gasteiger partial charge in [0, 0.05) is 11.1 Å². The number of hydrogen-bond acceptors (Lipinski definition) is 3. The van der Waals surface area contributed by atoms with E-state index in [1.807, 2.05) is 49.4 Å². The van der Waals surface area contributed by atoms with E-state index in [1.54, 1.807) is 12.1 Å². The molecule has 2 aromatic rings. The minimum atomic E-state index is -0.276. The number of rotatable bonds is 5. The molecule has 0 atom stereocenters. The lowest BCUT2D eigenvalue weighted by molar-refractivity contribution is 0.0950. The molecule has 0 spiro atoms. The highest BCUT2D eigenvalue weighted by atomic mass is 16.5. The molecule has 0 fully saturated rings. The number of nitrogens with zero attached hydrogens (tertiary/aromatic N) is 1. The van der Waals surface area contributed by atoms with Gasteiger partial charge >= 0.3 is 0 Å². The Morgan fingerprint density at radius 1 is 1.04 bits per heavy atom. The Bertz CT molecular complexity index is 716. The molecule has 0 radical (unpaired) electrons. The summed E-state index contributed by atoms with van der Waals surface area (Å²) < 4.78 is 5.81. The topological polar surface area (TPSA) is 50.7 Å². The summed E-state index contributed by atoms with van der Waals surface area (Å²) in [6, 6.07) is 17.0. The molecule has 4 heteroatoms. The number of hydrogen-bond donors (Lipinski definition) is 1. The van der Waals surface area contributed by atoms with Gasteiger partial charge in [0.05, 0.1) is 5.56 Å². The predicted molar refractivity (Wildman–Crippen MR) is 97.2 cm³/mol. The Kier molecular flexibility index (Phi) is 5.74. The van der Waals surface area contributed by atoms with Crippen LogP contribution in [0.25, 0.3) is 0 Å². The third-order valence-electron chi connectivity index (χ3n) is 3.78. The number of amides is 1. The minimum Gasteiger partial charge on any atom is -0.488 e. The third kappa shape index (κ3) is 4.95. The molecule has 126 valence electrons. The first kappa shape index (κ1) is 17.7. The smallest absolute Gasteiger partial charge is 0.275 e. The SMILES string of the molecule is CC(=NNC(=O)c1ccccc1OCc1ccccc1)C(C)(C)C. The molecule has 0 aliphatic rings. The number of carbonyl (C=O) groups excluding carboxylic acids is 1. The van der Waals surface area contributed by atoms with Crippen molar-refractivity contribution in [2.75, 3.05) is 0 Å². The third-order valence-corrected chi connectivity index (χ3v) is 3.78. The fraction of sp³-hybridized carbons (Fsp3) is 0.300. The summed E-state index contributed by atoms with van der Waals surface area (Å²) in [5.41, 5.74) is 4.91. The maximum atomic E-state index is 12.4. The normalized spacial score (nSPS) is 11.9. The van der Waals surface area contributed by atoms with Crippen molar-refractivity contribution < 1.29 is 9.53 Å². The summed E-state index contributed by atoms with van der Waals surface area (Å²) in [6.07, 6.45) is 0. The van der Waals surface area contributed by atoms with Crippen molar-refractivity contribution in [1.29, 1.82) is 0 Å². The van der Waals surface area contributed by atoms with E-state index in [0.29, 0.717) is 17.9 Å². The van der Waals surface area contributed by atoms with Crippen LogP contribution in [0.15, 0.2) is 59.7 Å². The maximum absolute atomic E-state index is 12.4. The van der Waals surface area contributed by atoms with Gasteiger partial charge in [0.1, 0.15) is 12.4 Å². The lowest BCUT2D eigenvalue weighted by atomic mass is 9.91. The molecule has 0 bridgehead atoms. The van der Waals surface area contributed by atoms with Gasteiger partial charge in [-0.2, -0.15) is 5.10 Å². The van der Waals surface area contributed by atoms with Crippen molar-refractivity contribution in [3.8, 4) is 5.75 Å². The van der Waals surface area contributed by atoms with Crippen LogP contribution in [0, 0.1) is 5.41 Å². The number of carbonyl (C=O) groups is 1. The highest BCUT2D eigenvalue weighted by Gasteiger charge is 2.16. The number of benzene rings is 2. The first-order chi connectivity index (χ1) is 11.4. The Hall–Kier alpha value is -2.62. The van der Waals surface area contributed by atoms with Gasteiger partial charge in [-0.25, -0.2) is 5.43 Å². The Labute approximate surface area is 143 Å². The van der Waals surface area contributed by atoms with E-state index < -0.39 is 0 Å². The minimum absolute atomic E-state index is 0.0867. The molecule has 0 saturated heterocycles. The van der Waals surface area contributed by atoms with Crippen molar-refractivity contribution >= 4 is 11.6 Å². The second-order valence-electron chi connectivity index (χ2n) is 6.66. The number of hydrazone groups is 1. The first-order valence-electron chi connectivity index (χ1n) is 7.99. The van der Waals surface area contributed by atoms with Gasteiger partial charge in [-0.05, 0) is 24.6 Å². The van der Waals surface area contributed by atoms with Gasteiger partial charge in [0.2, 0.25) is 0 Å². The van der Waals surface area contributed by atoms with Crippen LogP contribution in [0.2, 0.25) is 0 Å². The monoisotopic (exact) mass is 324 g/mol. The van der Waals surface area contributed by atoms with Gasteiger partial charge in [0.25, 0.3) is 5.91 Å². The standard InChI is InChI=1S/C20H24N2O2/c1-15(20(2,3)4)21-22-19(23)17-12-8-9-13-18(17)24-14-16-10-6-5-7-11-16/h5-13H,14H2,1-4H3,(H,22,23). The van der Waals surface area contributed by atoms with E-state index in [-0.39, 0.29) is 11.3 Å². The quantitative estimate of drug-likeness (QED) is 0.654. The van der Waals surface area contributed by atoms with Crippen molar-refractivity contribution in [3.05, 3.63) is 65.7 Å². The number of nitrogens with one attached hydrogen (secondary N) is 1. The Balaban J connectivity index is 2.09. The van der Waals surface area contributed by atoms with Crippen LogP contribution in [-0.4, -0.2) is 11.6 Å². The summed E-state index contributed by atoms with van der Waals surface area (Å²) in [4.78, 5) is 12.4. The van der Waals surface area contributed by atoms with Gasteiger partial charge in [-0.1, -0.05) is 63.2 Å². The molecule has 2 aromatic carbocycles. The molecule has 0 unspecified atom stereocenters. The van der Waals surface area contributed by atoms with E-state index in [0.717, 1.165) is 11.3 Å². The molecular weight excluding hydrogens is 300 g/mol. The largest absolute Gasteiger partial charge is 0.488 e. The van der Waals surface area contributed by atoms with Crippen LogP contribution in [0.1, 0.15) is 43.6 Å². The zero-order chi connectivity index (χ0) is 17.6. The van der Waals surface area contributed by atoms with E-state index in [2.05, 4.69) is 31.3 Å². The highest BCUT2D eigenvalue weighted by molar-refractivity contribution is 5.98. The number of ether oxygens (including phenoxy) is 1. The molecule has 2 rings (SSSR count). The van der Waals surface area contributed by atoms with Crippen molar-refractivity contribution in [2.45, 2.75) is 34.3 Å². The highest BCUT2D eigenvalue weighted by Crippen LogP contribution is 2.20. The van der Waals surface area contributed by atoms with Gasteiger partial charge < -0.3 is 4.74 Å². The van der Waals surface area contributed by atoms with E-state index in [4.69, 9.17) is 4.74 Å². The van der Waals surface area contributed by atoms with Crippen LogP contribution in [0.5, 0.6) is 5.75 Å². The molecule has 0 aliphatic heterocycles. The fourth-order valence-electron chi connectivity index (χ4n) is 1.88. The second-order valence-corrected chi connectivity index (χ2v) is 6.66. The van der Waals surface area contributed by atoms with Crippen LogP contribution in [-0.2, 0) is 6.61 Å². The van der Waals surface area contributed by atoms with Crippen LogP contribution >= 0.6 is 0 Å². The van der Waals surface area contributed by atoms with E-state index >= 15 is 0 Å². The molecule has 0 saturated carbocycles. The van der Waals surface area contributed by atoms with E-state index in [1.165, 1.54) is 0 Å². The molecule has 4 nitrogen and oxygen atoms in total. The Morgan fingerprint density at radius 3 is 2.33 bits per heavy atom. The summed E-state index contributed by atoms with van der Waals surface area (Å²) >= 11 is 0. The zero-order valence-corrected chi connectivity index (χ0v) is 14.7. The Morgan fingerprint density at radius 2 is 1.67 bits per heavy atom. The van der Waals surface area contributed by atoms with Gasteiger partial charge in [-0.15, -0.1) is 0 Å². The summed E-state index contributed by atoms with van der Waals surface area (Å²) in [5.74, 6) is 0.268. The van der Waals surface area contributed by atoms with Crippen LogP contribution in [0.3, 0.4) is 0 Å². The van der Waals surface area contributed by atoms with Crippen molar-refractivity contribution in [3.63, 3.8) is 0 Å². The predicted octanol–water partition coefficient (Wildman–Crippen LogP) is 4.42. The lowest BCUT2D eigenvalue weighted by Gasteiger charge is -2.17. The van der Waals surface area contributed by atoms with Crippen molar-refractivity contribution in [2.24, 2.45) is 10.5 Å². The van der Waals surface area contributed by atoms with Gasteiger partial charge in [-0.3, -0.25) is 4.79 Å². The van der Waals surface area contributed by atoms with Crippen LogP contribution < -0.4 is 10.2 Å². The second kappa shape index (κ2) is 7.77. The molecular formula is C20H24N2O2. The summed E-state index contributed by atoms with van der Waals surface area (Å²) in [7, 11) is 0. The molecule has 0 aliphatic carbocycles. The molecule has 24 heavy (non-hydrogen) atoms. The van der Waals surface area contributed by atoms with Crippen molar-refractivity contribution in [1.82, 2.24) is 5.43 Å². The lowest BCUT2D eigenvalue weighted by Crippen LogP contribution is -2.24. The first-order valence-corrected chi connectivity index (χ1v) is 7.99. The van der Waals surface area contributed by atoms with E-state index in [9.17, 15) is 4.79 Å². The van der Waals surface area contributed by atoms with Crippen LogP contribution in [0.4, 0.5) is 0 Å². The maximum Gasteiger partial charge on any atom is 0.275 e. The molecule has 1 N–H and O–H groups in total. The zero-order valence-electron chi connectivity index (χ0n) is 14.7. The molecule has 1 amide bonds. The molecule has 0 aromatic heterocycles. The van der Waals surface area contributed by atoms with Gasteiger partial charge in [0.15, 0.2) is 0 Å². The summed E-state index contributed by atoms with van der Waals surface area (Å²) in [6.45, 7) is 8.46. The molecule has 0 heterocycles. The average molecular weight is 324 g/mol. The fourth-order valence-corrected chi connectivity index (χ4v) is 1.88.